The molecule has 0 aromatic rings. The molecule has 5 unspecified atom stereocenters. The fourth-order valence-electron chi connectivity index (χ4n) is 3.94. The highest BCUT2D eigenvalue weighted by Gasteiger charge is 2.42. The Kier molecular flexibility index (Phi) is 3.32. The van der Waals surface area contributed by atoms with Crippen LogP contribution < -0.4 is 5.73 Å². The fourth-order valence-corrected chi connectivity index (χ4v) is 3.94. The second kappa shape index (κ2) is 4.82. The van der Waals surface area contributed by atoms with Crippen molar-refractivity contribution in [1.82, 2.24) is 4.90 Å². The second-order valence-electron chi connectivity index (χ2n) is 6.34. The highest BCUT2D eigenvalue weighted by molar-refractivity contribution is 5.79. The summed E-state index contributed by atoms with van der Waals surface area (Å²) in [4.78, 5) is 14.5. The molecular formula is C14H24N2O2. The molecule has 2 N–H and O–H groups in total. The lowest BCUT2D eigenvalue weighted by molar-refractivity contribution is -0.134. The van der Waals surface area contributed by atoms with Gasteiger partial charge in [0.1, 0.15) is 0 Å². The number of amides is 1. The maximum atomic E-state index is 12.4. The van der Waals surface area contributed by atoms with Crippen molar-refractivity contribution in [3.63, 3.8) is 0 Å². The first-order chi connectivity index (χ1) is 8.65. The monoisotopic (exact) mass is 252 g/mol. The Morgan fingerprint density at radius 1 is 1.33 bits per heavy atom. The summed E-state index contributed by atoms with van der Waals surface area (Å²) in [5.41, 5.74) is 6.20. The Bertz CT molecular complexity index is 334. The van der Waals surface area contributed by atoms with Crippen molar-refractivity contribution in [1.29, 1.82) is 0 Å². The Morgan fingerprint density at radius 2 is 2.17 bits per heavy atom. The Morgan fingerprint density at radius 3 is 2.83 bits per heavy atom. The average molecular weight is 252 g/mol. The highest BCUT2D eigenvalue weighted by Crippen LogP contribution is 2.36. The highest BCUT2D eigenvalue weighted by atomic mass is 16.5. The van der Waals surface area contributed by atoms with Gasteiger partial charge in [0.2, 0.25) is 5.91 Å². The topological polar surface area (TPSA) is 55.6 Å². The van der Waals surface area contributed by atoms with Crippen molar-refractivity contribution in [2.45, 2.75) is 44.8 Å². The summed E-state index contributed by atoms with van der Waals surface area (Å²) in [5.74, 6) is 1.59. The van der Waals surface area contributed by atoms with Gasteiger partial charge in [-0.3, -0.25) is 4.79 Å². The van der Waals surface area contributed by atoms with Gasteiger partial charge in [0.15, 0.2) is 0 Å². The molecule has 18 heavy (non-hydrogen) atoms. The van der Waals surface area contributed by atoms with Gasteiger partial charge in [-0.25, -0.2) is 0 Å². The van der Waals surface area contributed by atoms with Gasteiger partial charge in [0.05, 0.1) is 18.6 Å². The fraction of sp³-hybridized carbons (Fsp3) is 0.929. The second-order valence-corrected chi connectivity index (χ2v) is 6.34. The molecule has 2 heterocycles. The number of likely N-dealkylation sites (tertiary alicyclic amines) is 1. The van der Waals surface area contributed by atoms with Gasteiger partial charge in [-0.2, -0.15) is 0 Å². The zero-order valence-electron chi connectivity index (χ0n) is 11.2. The molecule has 0 aromatic heterocycles. The zero-order valence-corrected chi connectivity index (χ0v) is 11.2. The number of ether oxygens (including phenoxy) is 1. The van der Waals surface area contributed by atoms with E-state index in [1.54, 1.807) is 0 Å². The molecule has 0 radical (unpaired) electrons. The van der Waals surface area contributed by atoms with E-state index in [0.29, 0.717) is 30.4 Å². The molecule has 2 aliphatic heterocycles. The van der Waals surface area contributed by atoms with Crippen LogP contribution in [0.25, 0.3) is 0 Å². The lowest BCUT2D eigenvalue weighted by Crippen LogP contribution is -2.39. The van der Waals surface area contributed by atoms with Gasteiger partial charge >= 0.3 is 0 Å². The van der Waals surface area contributed by atoms with E-state index in [-0.39, 0.29) is 12.0 Å². The minimum Gasteiger partial charge on any atom is -0.378 e. The molecule has 0 bridgehead atoms. The van der Waals surface area contributed by atoms with Crippen LogP contribution in [0.5, 0.6) is 0 Å². The third kappa shape index (κ3) is 2.16. The van der Waals surface area contributed by atoms with E-state index in [1.165, 1.54) is 12.8 Å². The van der Waals surface area contributed by atoms with Crippen molar-refractivity contribution >= 4 is 5.91 Å². The predicted molar refractivity (Wildman–Crippen MR) is 68.9 cm³/mol. The molecular weight excluding hydrogens is 228 g/mol. The molecule has 3 fully saturated rings. The van der Waals surface area contributed by atoms with E-state index in [2.05, 4.69) is 4.90 Å². The van der Waals surface area contributed by atoms with Crippen LogP contribution in [0.1, 0.15) is 32.6 Å². The molecule has 4 nitrogen and oxygen atoms in total. The number of nitrogens with two attached hydrogens (primary N) is 1. The van der Waals surface area contributed by atoms with Gasteiger partial charge in [0.25, 0.3) is 0 Å². The third-order valence-corrected chi connectivity index (χ3v) is 5.01. The number of hydrogen-bond donors (Lipinski definition) is 1. The van der Waals surface area contributed by atoms with Crippen molar-refractivity contribution in [2.75, 3.05) is 19.7 Å². The molecule has 1 aliphatic carbocycles. The van der Waals surface area contributed by atoms with E-state index in [0.717, 1.165) is 25.9 Å². The van der Waals surface area contributed by atoms with Crippen LogP contribution in [0.15, 0.2) is 0 Å². The largest absolute Gasteiger partial charge is 0.378 e. The molecule has 102 valence electrons. The van der Waals surface area contributed by atoms with Crippen LogP contribution in [0.3, 0.4) is 0 Å². The quantitative estimate of drug-likeness (QED) is 0.757. The summed E-state index contributed by atoms with van der Waals surface area (Å²) in [5, 5.41) is 0. The molecule has 2 saturated heterocycles. The number of rotatable bonds is 1. The van der Waals surface area contributed by atoms with Crippen LogP contribution in [0.4, 0.5) is 0 Å². The standard InChI is InChI=1S/C14H24N2O2/c1-9-5-11(8-18-9)14(17)16-6-10-3-2-4-13(15)12(10)7-16/h9-13H,2-8,15H2,1H3. The van der Waals surface area contributed by atoms with Crippen LogP contribution in [-0.2, 0) is 9.53 Å². The van der Waals surface area contributed by atoms with Gasteiger partial charge in [-0.15, -0.1) is 0 Å². The predicted octanol–water partition coefficient (Wildman–Crippen LogP) is 0.997. The van der Waals surface area contributed by atoms with Gasteiger partial charge < -0.3 is 15.4 Å². The van der Waals surface area contributed by atoms with E-state index in [1.807, 2.05) is 6.92 Å². The Hall–Kier alpha value is -0.610. The minimum atomic E-state index is 0.0939. The third-order valence-electron chi connectivity index (χ3n) is 5.01. The molecule has 5 atom stereocenters. The number of nitrogens with zero attached hydrogens (tertiary/aromatic N) is 1. The maximum absolute atomic E-state index is 12.4. The summed E-state index contributed by atoms with van der Waals surface area (Å²) in [6.07, 6.45) is 4.74. The first kappa shape index (κ1) is 12.4. The molecule has 3 rings (SSSR count). The van der Waals surface area contributed by atoms with Gasteiger partial charge in [0, 0.05) is 19.1 Å². The summed E-state index contributed by atoms with van der Waals surface area (Å²) >= 11 is 0. The summed E-state index contributed by atoms with van der Waals surface area (Å²) in [6.45, 7) is 4.47. The van der Waals surface area contributed by atoms with Crippen LogP contribution in [0.2, 0.25) is 0 Å². The van der Waals surface area contributed by atoms with Gasteiger partial charge in [-0.05, 0) is 38.0 Å². The average Bonchev–Trinajstić information content (AvgIpc) is 2.95. The SMILES string of the molecule is CC1CC(C(=O)N2CC3CCCC(N)C3C2)CO1. The molecule has 1 amide bonds. The van der Waals surface area contributed by atoms with Crippen LogP contribution >= 0.6 is 0 Å². The molecule has 0 spiro atoms. The Labute approximate surface area is 109 Å². The lowest BCUT2D eigenvalue weighted by Gasteiger charge is -2.29. The first-order valence-corrected chi connectivity index (χ1v) is 7.31. The van der Waals surface area contributed by atoms with E-state index >= 15 is 0 Å². The maximum Gasteiger partial charge on any atom is 0.228 e. The van der Waals surface area contributed by atoms with E-state index in [9.17, 15) is 4.79 Å². The minimum absolute atomic E-state index is 0.0939. The van der Waals surface area contributed by atoms with E-state index < -0.39 is 0 Å². The van der Waals surface area contributed by atoms with Crippen molar-refractivity contribution in [2.24, 2.45) is 23.5 Å². The van der Waals surface area contributed by atoms with Gasteiger partial charge in [-0.1, -0.05) is 6.42 Å². The Balaban J connectivity index is 1.62. The van der Waals surface area contributed by atoms with Crippen LogP contribution in [0, 0.1) is 17.8 Å². The number of carbonyl (C=O) groups excluding carboxylic acids is 1. The molecule has 0 aromatic carbocycles. The molecule has 4 heteroatoms. The number of hydrogen-bond acceptors (Lipinski definition) is 3. The smallest absolute Gasteiger partial charge is 0.228 e. The van der Waals surface area contributed by atoms with Crippen molar-refractivity contribution in [3.8, 4) is 0 Å². The number of carbonyl (C=O) groups is 1. The van der Waals surface area contributed by atoms with Crippen molar-refractivity contribution in [3.05, 3.63) is 0 Å². The summed E-state index contributed by atoms with van der Waals surface area (Å²) in [6, 6.07) is 0.306. The lowest BCUT2D eigenvalue weighted by atomic mass is 9.78. The van der Waals surface area contributed by atoms with Crippen molar-refractivity contribution < 1.29 is 9.53 Å². The first-order valence-electron chi connectivity index (χ1n) is 7.31. The van der Waals surface area contributed by atoms with E-state index in [4.69, 9.17) is 10.5 Å². The molecule has 1 saturated carbocycles. The molecule has 3 aliphatic rings. The number of fused-ring (bicyclic) bond motifs is 1. The van der Waals surface area contributed by atoms with Crippen LogP contribution in [-0.4, -0.2) is 42.6 Å². The normalized spacial score (nSPS) is 44.1. The summed E-state index contributed by atoms with van der Waals surface area (Å²) < 4.78 is 5.51. The summed E-state index contributed by atoms with van der Waals surface area (Å²) in [7, 11) is 0. The zero-order chi connectivity index (χ0) is 12.7.